The van der Waals surface area contributed by atoms with Gasteiger partial charge >= 0.3 is 6.03 Å². The molecule has 5 nitrogen and oxygen atoms in total. The van der Waals surface area contributed by atoms with Crippen LogP contribution in [0.4, 0.5) is 4.79 Å². The molecule has 2 N–H and O–H groups in total. The minimum Gasteiger partial charge on any atom is -0.396 e. The average molecular weight is 258 g/mol. The minimum absolute atomic E-state index is 0.0150. The maximum absolute atomic E-state index is 12.0. The molecule has 2 atom stereocenters. The first-order valence-electron chi connectivity index (χ1n) is 6.82. The number of nitrogens with one attached hydrogen (secondary N) is 1. The molecule has 106 valence electrons. The van der Waals surface area contributed by atoms with E-state index >= 15 is 0 Å². The highest BCUT2D eigenvalue weighted by Gasteiger charge is 2.24. The number of hydrogen-bond donors (Lipinski definition) is 2. The van der Waals surface area contributed by atoms with Crippen LogP contribution in [0.2, 0.25) is 0 Å². The van der Waals surface area contributed by atoms with Gasteiger partial charge in [-0.2, -0.15) is 0 Å². The van der Waals surface area contributed by atoms with Crippen LogP contribution in [0.25, 0.3) is 0 Å². The van der Waals surface area contributed by atoms with Gasteiger partial charge in [0.15, 0.2) is 0 Å². The molecule has 1 aliphatic rings. The topological polar surface area (TPSA) is 61.8 Å². The molecule has 0 aliphatic carbocycles. The number of ether oxygens (including phenoxy) is 1. The second-order valence-electron chi connectivity index (χ2n) is 5.13. The molecule has 0 aromatic carbocycles. The molecule has 0 aromatic heterocycles. The first-order chi connectivity index (χ1) is 8.67. The first-order valence-corrected chi connectivity index (χ1v) is 6.82. The Hall–Kier alpha value is -0.810. The molecule has 0 radical (unpaired) electrons. The Morgan fingerprint density at radius 3 is 3.06 bits per heavy atom. The highest BCUT2D eigenvalue weighted by molar-refractivity contribution is 5.74. The number of amides is 2. The molecule has 5 heteroatoms. The molecule has 0 saturated carbocycles. The molecule has 2 unspecified atom stereocenters. The number of aliphatic hydroxyl groups is 1. The van der Waals surface area contributed by atoms with E-state index in [1.807, 2.05) is 11.8 Å². The molecule has 0 spiro atoms. The van der Waals surface area contributed by atoms with Crippen LogP contribution in [-0.2, 0) is 4.74 Å². The van der Waals surface area contributed by atoms with E-state index in [4.69, 9.17) is 9.84 Å². The van der Waals surface area contributed by atoms with Crippen LogP contribution in [0.15, 0.2) is 0 Å². The van der Waals surface area contributed by atoms with E-state index in [2.05, 4.69) is 5.32 Å². The van der Waals surface area contributed by atoms with E-state index in [1.54, 1.807) is 7.11 Å². The van der Waals surface area contributed by atoms with Gasteiger partial charge < -0.3 is 20.1 Å². The summed E-state index contributed by atoms with van der Waals surface area (Å²) >= 11 is 0. The Bertz CT molecular complexity index is 246. The molecule has 1 saturated heterocycles. The van der Waals surface area contributed by atoms with E-state index in [0.29, 0.717) is 5.92 Å². The summed E-state index contributed by atoms with van der Waals surface area (Å²) < 4.78 is 5.16. The SMILES string of the molecule is COCC1CCCN(C(=O)NC(C)CCCO)C1. The van der Waals surface area contributed by atoms with Crippen molar-refractivity contribution in [2.75, 3.05) is 33.4 Å². The average Bonchev–Trinajstić information content (AvgIpc) is 2.37. The molecular formula is C13H26N2O3. The molecule has 1 rings (SSSR count). The number of methoxy groups -OCH3 is 1. The molecule has 0 bridgehead atoms. The molecule has 2 amide bonds. The third-order valence-corrected chi connectivity index (χ3v) is 3.37. The third-order valence-electron chi connectivity index (χ3n) is 3.37. The van der Waals surface area contributed by atoms with Gasteiger partial charge in [0.1, 0.15) is 0 Å². The molecule has 1 aliphatic heterocycles. The summed E-state index contributed by atoms with van der Waals surface area (Å²) in [5.74, 6) is 0.460. The summed E-state index contributed by atoms with van der Waals surface area (Å²) in [7, 11) is 1.70. The van der Waals surface area contributed by atoms with Crippen LogP contribution < -0.4 is 5.32 Å². The quantitative estimate of drug-likeness (QED) is 0.753. The zero-order chi connectivity index (χ0) is 13.4. The van der Waals surface area contributed by atoms with Crippen molar-refractivity contribution in [2.24, 2.45) is 5.92 Å². The minimum atomic E-state index is 0.0150. The number of nitrogens with zero attached hydrogens (tertiary/aromatic N) is 1. The number of hydrogen-bond acceptors (Lipinski definition) is 3. The lowest BCUT2D eigenvalue weighted by Gasteiger charge is -2.33. The largest absolute Gasteiger partial charge is 0.396 e. The predicted molar refractivity (Wildman–Crippen MR) is 70.5 cm³/mol. The zero-order valence-corrected chi connectivity index (χ0v) is 11.5. The van der Waals surface area contributed by atoms with Gasteiger partial charge in [-0.3, -0.25) is 0 Å². The summed E-state index contributed by atoms with van der Waals surface area (Å²) in [6.45, 7) is 4.50. The lowest BCUT2D eigenvalue weighted by molar-refractivity contribution is 0.0995. The summed E-state index contributed by atoms with van der Waals surface area (Å²) in [5.41, 5.74) is 0. The maximum Gasteiger partial charge on any atom is 0.317 e. The van der Waals surface area contributed by atoms with Crippen LogP contribution in [0.5, 0.6) is 0 Å². The summed E-state index contributed by atoms with van der Waals surface area (Å²) in [6, 6.07) is 0.133. The van der Waals surface area contributed by atoms with Crippen LogP contribution in [0, 0.1) is 5.92 Å². The molecule has 1 heterocycles. The van der Waals surface area contributed by atoms with Gasteiger partial charge in [0.2, 0.25) is 0 Å². The van der Waals surface area contributed by atoms with Crippen LogP contribution in [0.1, 0.15) is 32.6 Å². The lowest BCUT2D eigenvalue weighted by Crippen LogP contribution is -2.48. The molecular weight excluding hydrogens is 232 g/mol. The van der Waals surface area contributed by atoms with Crippen LogP contribution in [0.3, 0.4) is 0 Å². The number of urea groups is 1. The maximum atomic E-state index is 12.0. The lowest BCUT2D eigenvalue weighted by atomic mass is 9.99. The van der Waals surface area contributed by atoms with Crippen molar-refractivity contribution in [1.29, 1.82) is 0 Å². The summed E-state index contributed by atoms with van der Waals surface area (Å²) in [4.78, 5) is 13.9. The highest BCUT2D eigenvalue weighted by Crippen LogP contribution is 2.16. The summed E-state index contributed by atoms with van der Waals surface area (Å²) in [6.07, 6.45) is 3.73. The Morgan fingerprint density at radius 2 is 2.39 bits per heavy atom. The number of rotatable bonds is 6. The fourth-order valence-electron chi connectivity index (χ4n) is 2.39. The molecule has 1 fully saturated rings. The van der Waals surface area contributed by atoms with E-state index < -0.39 is 0 Å². The third kappa shape index (κ3) is 5.23. The van der Waals surface area contributed by atoms with E-state index in [9.17, 15) is 4.79 Å². The monoisotopic (exact) mass is 258 g/mol. The number of aliphatic hydroxyl groups excluding tert-OH is 1. The molecule has 0 aromatic rings. The fraction of sp³-hybridized carbons (Fsp3) is 0.923. The van der Waals surface area contributed by atoms with Crippen molar-refractivity contribution in [1.82, 2.24) is 10.2 Å². The predicted octanol–water partition coefficient (Wildman–Crippen LogP) is 1.22. The Morgan fingerprint density at radius 1 is 1.61 bits per heavy atom. The van der Waals surface area contributed by atoms with Gasteiger partial charge in [0.25, 0.3) is 0 Å². The van der Waals surface area contributed by atoms with Crippen molar-refractivity contribution < 1.29 is 14.6 Å². The second kappa shape index (κ2) is 8.32. The van der Waals surface area contributed by atoms with Crippen molar-refractivity contribution in [3.8, 4) is 0 Å². The number of carbonyl (C=O) groups is 1. The summed E-state index contributed by atoms with van der Waals surface area (Å²) in [5, 5.41) is 11.7. The van der Waals surface area contributed by atoms with Crippen molar-refractivity contribution in [3.05, 3.63) is 0 Å². The van der Waals surface area contributed by atoms with E-state index in [1.165, 1.54) is 0 Å². The highest BCUT2D eigenvalue weighted by atomic mass is 16.5. The number of likely N-dealkylation sites (tertiary alicyclic amines) is 1. The van der Waals surface area contributed by atoms with Gasteiger partial charge in [-0.1, -0.05) is 0 Å². The van der Waals surface area contributed by atoms with Gasteiger partial charge in [-0.15, -0.1) is 0 Å². The van der Waals surface area contributed by atoms with Crippen LogP contribution >= 0.6 is 0 Å². The standard InChI is InChI=1S/C13H26N2O3/c1-11(5-4-8-16)14-13(17)15-7-3-6-12(9-15)10-18-2/h11-12,16H,3-10H2,1-2H3,(H,14,17). The Balaban J connectivity index is 2.31. The van der Waals surface area contributed by atoms with Gasteiger partial charge in [0, 0.05) is 38.8 Å². The van der Waals surface area contributed by atoms with Gasteiger partial charge in [0.05, 0.1) is 6.61 Å². The van der Waals surface area contributed by atoms with E-state index in [0.717, 1.165) is 45.4 Å². The smallest absolute Gasteiger partial charge is 0.317 e. The Kier molecular flexibility index (Phi) is 7.05. The van der Waals surface area contributed by atoms with Crippen molar-refractivity contribution >= 4 is 6.03 Å². The van der Waals surface area contributed by atoms with Gasteiger partial charge in [-0.05, 0) is 32.6 Å². The van der Waals surface area contributed by atoms with Gasteiger partial charge in [-0.25, -0.2) is 4.79 Å². The Labute approximate surface area is 109 Å². The second-order valence-corrected chi connectivity index (χ2v) is 5.13. The van der Waals surface area contributed by atoms with Crippen LogP contribution in [-0.4, -0.2) is 55.5 Å². The van der Waals surface area contributed by atoms with Crippen molar-refractivity contribution in [2.45, 2.75) is 38.6 Å². The fourth-order valence-corrected chi connectivity index (χ4v) is 2.39. The van der Waals surface area contributed by atoms with E-state index in [-0.39, 0.29) is 18.7 Å². The number of piperidine rings is 1. The zero-order valence-electron chi connectivity index (χ0n) is 11.5. The number of carbonyl (C=O) groups excluding carboxylic acids is 1. The normalized spacial score (nSPS) is 21.7. The molecule has 18 heavy (non-hydrogen) atoms. The first kappa shape index (κ1) is 15.2. The van der Waals surface area contributed by atoms with Crippen molar-refractivity contribution in [3.63, 3.8) is 0 Å².